The topological polar surface area (TPSA) is 58.5 Å². The highest BCUT2D eigenvalue weighted by atomic mass is 32.1. The van der Waals surface area contributed by atoms with Gasteiger partial charge in [-0.15, -0.1) is 11.3 Å². The van der Waals surface area contributed by atoms with Gasteiger partial charge in [-0.1, -0.05) is 0 Å². The molecule has 27 heavy (non-hydrogen) atoms. The first-order chi connectivity index (χ1) is 13.1. The Morgan fingerprint density at radius 3 is 2.63 bits per heavy atom. The highest BCUT2D eigenvalue weighted by Crippen LogP contribution is 2.40. The monoisotopic (exact) mass is 385 g/mol. The van der Waals surface area contributed by atoms with Crippen LogP contribution in [0.2, 0.25) is 0 Å². The molecule has 0 unspecified atom stereocenters. The normalized spacial score (nSPS) is 14.0. The number of benzene rings is 1. The maximum Gasteiger partial charge on any atom is 0.194 e. The molecule has 0 amide bonds. The van der Waals surface area contributed by atoms with Crippen LogP contribution in [0.5, 0.6) is 11.5 Å². The lowest BCUT2D eigenvalue weighted by Crippen LogP contribution is -2.18. The lowest BCUT2D eigenvalue weighted by atomic mass is 10.1. The van der Waals surface area contributed by atoms with Crippen molar-refractivity contribution in [2.75, 3.05) is 25.1 Å². The van der Waals surface area contributed by atoms with Crippen LogP contribution in [-0.4, -0.2) is 35.3 Å². The van der Waals surface area contributed by atoms with Gasteiger partial charge in [-0.25, -0.2) is 14.4 Å². The molecular weight excluding hydrogens is 365 g/mol. The van der Waals surface area contributed by atoms with Crippen molar-refractivity contribution in [1.82, 2.24) is 9.97 Å². The second-order valence-corrected chi connectivity index (χ2v) is 7.54. The molecule has 0 saturated carbocycles. The van der Waals surface area contributed by atoms with Gasteiger partial charge in [0, 0.05) is 30.4 Å². The Hall–Kier alpha value is -2.67. The van der Waals surface area contributed by atoms with Crippen LogP contribution in [0.3, 0.4) is 0 Å². The van der Waals surface area contributed by atoms with Gasteiger partial charge in [0.2, 0.25) is 0 Å². The highest BCUT2D eigenvalue weighted by molar-refractivity contribution is 7.18. The molecule has 1 fully saturated rings. The molecular formula is C20H20FN3O2S. The molecule has 1 aliphatic rings. The summed E-state index contributed by atoms with van der Waals surface area (Å²) in [5, 5.41) is 10.5. The number of hydrogen-bond acceptors (Lipinski definition) is 6. The standard InChI is InChI=1S/C20H20FN3O2S/c1-12-19(14-9-15(21)18(25)16(10-14)26-2)27-20(23-12)13-5-6-17(22-11-13)24-7-3-4-8-24/h5-6,9-11,25H,3-4,7-8H2,1-2H3. The van der Waals surface area contributed by atoms with Gasteiger partial charge in [0.05, 0.1) is 17.7 Å². The SMILES string of the molecule is COc1cc(-c2sc(-c3ccc(N4CCCC4)nc3)nc2C)cc(F)c1O. The van der Waals surface area contributed by atoms with Crippen LogP contribution in [0.4, 0.5) is 10.2 Å². The zero-order valence-corrected chi connectivity index (χ0v) is 16.0. The van der Waals surface area contributed by atoms with E-state index in [-0.39, 0.29) is 5.75 Å². The summed E-state index contributed by atoms with van der Waals surface area (Å²) in [5.74, 6) is -0.0910. The summed E-state index contributed by atoms with van der Waals surface area (Å²) < 4.78 is 19.1. The van der Waals surface area contributed by atoms with E-state index in [9.17, 15) is 9.50 Å². The maximum absolute atomic E-state index is 14.0. The van der Waals surface area contributed by atoms with Crippen molar-refractivity contribution < 1.29 is 14.2 Å². The number of ether oxygens (including phenoxy) is 1. The minimum absolute atomic E-state index is 0.107. The number of pyridine rings is 1. The Kier molecular flexibility index (Phi) is 4.70. The third-order valence-electron chi connectivity index (χ3n) is 4.73. The fourth-order valence-corrected chi connectivity index (χ4v) is 4.34. The van der Waals surface area contributed by atoms with Crippen LogP contribution in [0.15, 0.2) is 30.5 Å². The van der Waals surface area contributed by atoms with Gasteiger partial charge >= 0.3 is 0 Å². The number of phenols is 1. The van der Waals surface area contributed by atoms with E-state index in [2.05, 4.69) is 14.9 Å². The summed E-state index contributed by atoms with van der Waals surface area (Å²) in [5.41, 5.74) is 2.36. The third kappa shape index (κ3) is 3.35. The van der Waals surface area contributed by atoms with Gasteiger partial charge in [0.15, 0.2) is 17.3 Å². The predicted molar refractivity (Wildman–Crippen MR) is 105 cm³/mol. The minimum Gasteiger partial charge on any atom is -0.502 e. The second-order valence-electron chi connectivity index (χ2n) is 6.54. The molecule has 1 N–H and O–H groups in total. The lowest BCUT2D eigenvalue weighted by Gasteiger charge is -2.15. The van der Waals surface area contributed by atoms with E-state index < -0.39 is 11.6 Å². The minimum atomic E-state index is -0.713. The third-order valence-corrected chi connectivity index (χ3v) is 5.99. The van der Waals surface area contributed by atoms with Crippen LogP contribution < -0.4 is 9.64 Å². The number of anilines is 1. The lowest BCUT2D eigenvalue weighted by molar-refractivity contribution is 0.357. The first kappa shape index (κ1) is 17.7. The van der Waals surface area contributed by atoms with Crippen molar-refractivity contribution in [2.45, 2.75) is 19.8 Å². The molecule has 0 radical (unpaired) electrons. The zero-order valence-electron chi connectivity index (χ0n) is 15.2. The van der Waals surface area contributed by atoms with E-state index in [1.165, 1.54) is 37.4 Å². The predicted octanol–water partition coefficient (Wildman–Crippen LogP) is 4.63. The first-order valence-corrected chi connectivity index (χ1v) is 9.64. The number of halogens is 1. The Labute approximate surface area is 161 Å². The molecule has 3 aromatic rings. The van der Waals surface area contributed by atoms with E-state index in [1.807, 2.05) is 25.3 Å². The number of thiazole rings is 1. The Morgan fingerprint density at radius 1 is 1.19 bits per heavy atom. The van der Waals surface area contributed by atoms with E-state index in [0.717, 1.165) is 40.0 Å². The molecule has 0 atom stereocenters. The van der Waals surface area contributed by atoms with Crippen molar-refractivity contribution in [3.05, 3.63) is 42.0 Å². The van der Waals surface area contributed by atoms with Crippen molar-refractivity contribution in [3.8, 4) is 32.5 Å². The van der Waals surface area contributed by atoms with Crippen LogP contribution in [-0.2, 0) is 0 Å². The Bertz CT molecular complexity index is 966. The number of methoxy groups -OCH3 is 1. The maximum atomic E-state index is 14.0. The van der Waals surface area contributed by atoms with Crippen LogP contribution >= 0.6 is 11.3 Å². The van der Waals surface area contributed by atoms with Gasteiger partial charge < -0.3 is 14.7 Å². The summed E-state index contributed by atoms with van der Waals surface area (Å²) >= 11 is 1.47. The summed E-state index contributed by atoms with van der Waals surface area (Å²) in [7, 11) is 1.40. The fourth-order valence-electron chi connectivity index (χ4n) is 3.29. The average Bonchev–Trinajstić information content (AvgIpc) is 3.34. The number of aryl methyl sites for hydroxylation is 1. The summed E-state index contributed by atoms with van der Waals surface area (Å²) in [6, 6.07) is 6.98. The summed E-state index contributed by atoms with van der Waals surface area (Å²) in [6.45, 7) is 4.00. The number of phenolic OH excluding ortho intramolecular Hbond substituents is 1. The molecule has 1 saturated heterocycles. The number of nitrogens with zero attached hydrogens (tertiary/aromatic N) is 3. The van der Waals surface area contributed by atoms with Crippen molar-refractivity contribution in [3.63, 3.8) is 0 Å². The van der Waals surface area contributed by atoms with Crippen molar-refractivity contribution in [2.24, 2.45) is 0 Å². The van der Waals surface area contributed by atoms with E-state index in [4.69, 9.17) is 4.74 Å². The van der Waals surface area contributed by atoms with Gasteiger partial charge in [0.1, 0.15) is 10.8 Å². The Balaban J connectivity index is 1.66. The Morgan fingerprint density at radius 2 is 1.96 bits per heavy atom. The molecule has 140 valence electrons. The number of aromatic hydroxyl groups is 1. The van der Waals surface area contributed by atoms with Crippen molar-refractivity contribution in [1.29, 1.82) is 0 Å². The number of hydrogen-bond donors (Lipinski definition) is 1. The summed E-state index contributed by atoms with van der Waals surface area (Å²) in [4.78, 5) is 12.3. The highest BCUT2D eigenvalue weighted by Gasteiger charge is 2.18. The number of rotatable bonds is 4. The fraction of sp³-hybridized carbons (Fsp3) is 0.300. The van der Waals surface area contributed by atoms with E-state index >= 15 is 0 Å². The molecule has 1 aliphatic heterocycles. The van der Waals surface area contributed by atoms with E-state index in [0.29, 0.717) is 5.56 Å². The molecule has 0 bridgehead atoms. The van der Waals surface area contributed by atoms with E-state index in [1.54, 1.807) is 6.07 Å². The molecule has 2 aromatic heterocycles. The first-order valence-electron chi connectivity index (χ1n) is 8.82. The molecule has 5 nitrogen and oxygen atoms in total. The smallest absolute Gasteiger partial charge is 0.194 e. The quantitative estimate of drug-likeness (QED) is 0.709. The number of aromatic nitrogens is 2. The van der Waals surface area contributed by atoms with Gasteiger partial charge in [-0.3, -0.25) is 0 Å². The van der Waals surface area contributed by atoms with Crippen LogP contribution in [0, 0.1) is 12.7 Å². The molecule has 7 heteroatoms. The summed E-state index contributed by atoms with van der Waals surface area (Å²) in [6.07, 6.45) is 4.27. The average molecular weight is 385 g/mol. The molecule has 0 spiro atoms. The van der Waals surface area contributed by atoms with Gasteiger partial charge in [-0.2, -0.15) is 0 Å². The van der Waals surface area contributed by atoms with Crippen LogP contribution in [0.1, 0.15) is 18.5 Å². The van der Waals surface area contributed by atoms with Gasteiger partial charge in [0.25, 0.3) is 0 Å². The molecule has 1 aromatic carbocycles. The zero-order chi connectivity index (χ0) is 19.0. The molecule has 3 heterocycles. The largest absolute Gasteiger partial charge is 0.502 e. The van der Waals surface area contributed by atoms with Crippen molar-refractivity contribution >= 4 is 17.2 Å². The second kappa shape index (κ2) is 7.15. The molecule has 4 rings (SSSR count). The van der Waals surface area contributed by atoms with Crippen LogP contribution in [0.25, 0.3) is 21.0 Å². The van der Waals surface area contributed by atoms with Gasteiger partial charge in [-0.05, 0) is 44.0 Å². The molecule has 0 aliphatic carbocycles.